The predicted molar refractivity (Wildman–Crippen MR) is 74.4 cm³/mol. The van der Waals surface area contributed by atoms with E-state index in [0.29, 0.717) is 0 Å². The van der Waals surface area contributed by atoms with E-state index in [4.69, 9.17) is 0 Å². The zero-order valence-electron chi connectivity index (χ0n) is 10.8. The summed E-state index contributed by atoms with van der Waals surface area (Å²) >= 11 is 3.45. The van der Waals surface area contributed by atoms with Gasteiger partial charge in [-0.3, -0.25) is 4.79 Å². The molecule has 0 atom stereocenters. The van der Waals surface area contributed by atoms with Crippen LogP contribution in [0.2, 0.25) is 0 Å². The summed E-state index contributed by atoms with van der Waals surface area (Å²) in [6.45, 7) is 3.61. The molecule has 0 fully saturated rings. The van der Waals surface area contributed by atoms with E-state index >= 15 is 0 Å². The monoisotopic (exact) mass is 298 g/mol. The summed E-state index contributed by atoms with van der Waals surface area (Å²) in [6.07, 6.45) is 0. The van der Waals surface area contributed by atoms with Crippen LogP contribution < -0.4 is 0 Å². The largest absolute Gasteiger partial charge is 0.340 e. The lowest BCUT2D eigenvalue weighted by atomic mass is 10.1. The van der Waals surface area contributed by atoms with Crippen LogP contribution in [0, 0.1) is 6.92 Å². The van der Waals surface area contributed by atoms with Gasteiger partial charge in [-0.1, -0.05) is 22.0 Å². The Hall–Kier alpha value is -0.870. The van der Waals surface area contributed by atoms with Crippen molar-refractivity contribution in [1.82, 2.24) is 9.80 Å². The first-order valence-electron chi connectivity index (χ1n) is 5.58. The summed E-state index contributed by atoms with van der Waals surface area (Å²) in [5.41, 5.74) is 1.86. The fraction of sp³-hybridized carbons (Fsp3) is 0.462. The minimum absolute atomic E-state index is 0.0625. The lowest BCUT2D eigenvalue weighted by molar-refractivity contribution is 0.0786. The van der Waals surface area contributed by atoms with Crippen LogP contribution in [-0.2, 0) is 0 Å². The summed E-state index contributed by atoms with van der Waals surface area (Å²) in [6, 6.07) is 5.70. The molecule has 0 aromatic heterocycles. The quantitative estimate of drug-likeness (QED) is 0.852. The van der Waals surface area contributed by atoms with Gasteiger partial charge < -0.3 is 9.80 Å². The Morgan fingerprint density at radius 1 is 1.24 bits per heavy atom. The molecule has 0 saturated heterocycles. The SMILES string of the molecule is Cc1ccc(C(=O)N(C)CCN(C)C)cc1Br. The number of hydrogen-bond donors (Lipinski definition) is 0. The minimum atomic E-state index is 0.0625. The Bertz CT molecular complexity index is 404. The number of rotatable bonds is 4. The molecule has 1 aromatic carbocycles. The van der Waals surface area contributed by atoms with Crippen LogP contribution in [0.3, 0.4) is 0 Å². The molecular weight excluding hydrogens is 280 g/mol. The maximum atomic E-state index is 12.1. The Morgan fingerprint density at radius 2 is 1.88 bits per heavy atom. The molecule has 0 aliphatic heterocycles. The highest BCUT2D eigenvalue weighted by molar-refractivity contribution is 9.10. The molecule has 0 aliphatic carbocycles. The zero-order valence-corrected chi connectivity index (χ0v) is 12.4. The Balaban J connectivity index is 2.71. The van der Waals surface area contributed by atoms with Crippen molar-refractivity contribution < 1.29 is 4.79 Å². The van der Waals surface area contributed by atoms with Crippen LogP contribution in [0.4, 0.5) is 0 Å². The highest BCUT2D eigenvalue weighted by Crippen LogP contribution is 2.18. The molecule has 0 unspecified atom stereocenters. The summed E-state index contributed by atoms with van der Waals surface area (Å²) in [7, 11) is 5.83. The fourth-order valence-corrected chi connectivity index (χ4v) is 1.78. The predicted octanol–water partition coefficient (Wildman–Crippen LogP) is 2.39. The van der Waals surface area contributed by atoms with E-state index in [0.717, 1.165) is 28.7 Å². The van der Waals surface area contributed by atoms with Crippen molar-refractivity contribution >= 4 is 21.8 Å². The van der Waals surface area contributed by atoms with Crippen molar-refractivity contribution in [3.05, 3.63) is 33.8 Å². The third-order valence-corrected chi connectivity index (χ3v) is 3.50. The van der Waals surface area contributed by atoms with Gasteiger partial charge >= 0.3 is 0 Å². The maximum absolute atomic E-state index is 12.1. The summed E-state index contributed by atoms with van der Waals surface area (Å²) in [5.74, 6) is 0.0625. The van der Waals surface area contributed by atoms with E-state index in [1.165, 1.54) is 0 Å². The van der Waals surface area contributed by atoms with Gasteiger partial charge in [-0.2, -0.15) is 0 Å². The molecule has 3 nitrogen and oxygen atoms in total. The molecule has 0 spiro atoms. The van der Waals surface area contributed by atoms with E-state index in [1.54, 1.807) is 4.90 Å². The molecule has 1 rings (SSSR count). The summed E-state index contributed by atoms with van der Waals surface area (Å²) in [5, 5.41) is 0. The number of benzene rings is 1. The standard InChI is InChI=1S/C13H19BrN2O/c1-10-5-6-11(9-12(10)14)13(17)16(4)8-7-15(2)3/h5-6,9H,7-8H2,1-4H3. The van der Waals surface area contributed by atoms with Crippen LogP contribution in [0.25, 0.3) is 0 Å². The molecule has 0 radical (unpaired) electrons. The van der Waals surface area contributed by atoms with Gasteiger partial charge in [0.05, 0.1) is 0 Å². The van der Waals surface area contributed by atoms with Crippen LogP contribution in [-0.4, -0.2) is 49.9 Å². The number of carbonyl (C=O) groups is 1. The molecule has 0 N–H and O–H groups in total. The van der Waals surface area contributed by atoms with Gasteiger partial charge in [0.25, 0.3) is 5.91 Å². The first kappa shape index (κ1) is 14.2. The van der Waals surface area contributed by atoms with Gasteiger partial charge in [-0.15, -0.1) is 0 Å². The van der Waals surface area contributed by atoms with Gasteiger partial charge in [0.15, 0.2) is 0 Å². The lowest BCUT2D eigenvalue weighted by Crippen LogP contribution is -2.33. The van der Waals surface area contributed by atoms with Crippen molar-refractivity contribution in [3.8, 4) is 0 Å². The average molecular weight is 299 g/mol. The second kappa shape index (κ2) is 6.17. The minimum Gasteiger partial charge on any atom is -0.340 e. The summed E-state index contributed by atoms with van der Waals surface area (Å²) < 4.78 is 0.976. The van der Waals surface area contributed by atoms with Gasteiger partial charge in [-0.25, -0.2) is 0 Å². The third kappa shape index (κ3) is 4.13. The van der Waals surface area contributed by atoms with Crippen molar-refractivity contribution in [3.63, 3.8) is 0 Å². The molecular formula is C13H19BrN2O. The lowest BCUT2D eigenvalue weighted by Gasteiger charge is -2.20. The molecule has 0 saturated carbocycles. The topological polar surface area (TPSA) is 23.6 Å². The summed E-state index contributed by atoms with van der Waals surface area (Å²) in [4.78, 5) is 15.9. The smallest absolute Gasteiger partial charge is 0.253 e. The number of likely N-dealkylation sites (N-methyl/N-ethyl adjacent to an activating group) is 2. The molecule has 0 bridgehead atoms. The first-order valence-corrected chi connectivity index (χ1v) is 6.37. The second-order valence-corrected chi connectivity index (χ2v) is 5.35. The van der Waals surface area contributed by atoms with E-state index < -0.39 is 0 Å². The Morgan fingerprint density at radius 3 is 2.41 bits per heavy atom. The first-order chi connectivity index (χ1) is 7.91. The number of carbonyl (C=O) groups excluding carboxylic acids is 1. The van der Waals surface area contributed by atoms with E-state index in [2.05, 4.69) is 20.8 Å². The third-order valence-electron chi connectivity index (χ3n) is 2.65. The van der Waals surface area contributed by atoms with Crippen molar-refractivity contribution in [2.75, 3.05) is 34.2 Å². The van der Waals surface area contributed by atoms with Crippen molar-refractivity contribution in [1.29, 1.82) is 0 Å². The molecule has 94 valence electrons. The number of nitrogens with zero attached hydrogens (tertiary/aromatic N) is 2. The van der Waals surface area contributed by atoms with Crippen LogP contribution >= 0.6 is 15.9 Å². The Kier molecular flexibility index (Phi) is 5.15. The normalized spacial score (nSPS) is 10.7. The van der Waals surface area contributed by atoms with Crippen molar-refractivity contribution in [2.45, 2.75) is 6.92 Å². The number of halogens is 1. The molecule has 4 heteroatoms. The zero-order chi connectivity index (χ0) is 13.0. The molecule has 1 amide bonds. The van der Waals surface area contributed by atoms with E-state index in [-0.39, 0.29) is 5.91 Å². The van der Waals surface area contributed by atoms with Gasteiger partial charge in [0.2, 0.25) is 0 Å². The average Bonchev–Trinajstić information content (AvgIpc) is 2.28. The van der Waals surface area contributed by atoms with Crippen LogP contribution in [0.1, 0.15) is 15.9 Å². The number of hydrogen-bond acceptors (Lipinski definition) is 2. The highest BCUT2D eigenvalue weighted by atomic mass is 79.9. The highest BCUT2D eigenvalue weighted by Gasteiger charge is 2.12. The van der Waals surface area contributed by atoms with E-state index in [1.807, 2.05) is 46.3 Å². The number of aryl methyl sites for hydroxylation is 1. The van der Waals surface area contributed by atoms with Gasteiger partial charge in [0.1, 0.15) is 0 Å². The van der Waals surface area contributed by atoms with E-state index in [9.17, 15) is 4.79 Å². The van der Waals surface area contributed by atoms with Crippen LogP contribution in [0.15, 0.2) is 22.7 Å². The molecule has 0 aliphatic rings. The van der Waals surface area contributed by atoms with Crippen molar-refractivity contribution in [2.24, 2.45) is 0 Å². The number of amides is 1. The molecule has 1 aromatic rings. The van der Waals surface area contributed by atoms with Gasteiger partial charge in [0, 0.05) is 30.2 Å². The van der Waals surface area contributed by atoms with Crippen LogP contribution in [0.5, 0.6) is 0 Å². The second-order valence-electron chi connectivity index (χ2n) is 4.49. The molecule has 0 heterocycles. The molecule has 17 heavy (non-hydrogen) atoms. The van der Waals surface area contributed by atoms with Gasteiger partial charge in [-0.05, 0) is 38.7 Å². The fourth-order valence-electron chi connectivity index (χ4n) is 1.40. The maximum Gasteiger partial charge on any atom is 0.253 e. The Labute approximate surface area is 112 Å².